The van der Waals surface area contributed by atoms with Crippen LogP contribution in [-0.4, -0.2) is 93.2 Å². The number of hydrogen-bond acceptors (Lipinski definition) is 9. The number of likely N-dealkylation sites (N-methyl/N-ethyl adjacent to an activating group) is 2. The van der Waals surface area contributed by atoms with Gasteiger partial charge in [0.05, 0.1) is 6.33 Å². The number of fused-ring (bicyclic) bond motifs is 2. The van der Waals surface area contributed by atoms with E-state index >= 15 is 0 Å². The van der Waals surface area contributed by atoms with Crippen LogP contribution >= 0.6 is 0 Å². The Labute approximate surface area is 234 Å². The van der Waals surface area contributed by atoms with Crippen LogP contribution in [0.2, 0.25) is 0 Å². The van der Waals surface area contributed by atoms with Gasteiger partial charge in [0, 0.05) is 32.4 Å². The highest BCUT2D eigenvalue weighted by molar-refractivity contribution is 5.89. The van der Waals surface area contributed by atoms with Crippen molar-refractivity contribution in [1.82, 2.24) is 29.3 Å². The summed E-state index contributed by atoms with van der Waals surface area (Å²) in [7, 11) is 3.79. The number of aromatic nitrogens is 4. The molecular formula is C28H40N8O4. The van der Waals surface area contributed by atoms with E-state index in [1.54, 1.807) is 18.3 Å². The molecule has 3 N–H and O–H groups in total. The number of nitrogens with two attached hydrogens (primary N) is 1. The molecule has 1 aromatic carbocycles. The molecule has 2 aromatic heterocycles. The SMILES string of the molecule is CN(CCN(C)C(=O)Nc1ccc(C(C)(C)C)cc1)C[C@H]1OC(n2cnc3c(N)ncnc32)[C@@H]2OC(C)(C)O[C@H]12. The topological polar surface area (TPSA) is 133 Å². The highest BCUT2D eigenvalue weighted by Crippen LogP contribution is 2.44. The number of nitrogens with zero attached hydrogens (tertiary/aromatic N) is 6. The Kier molecular flexibility index (Phi) is 7.47. The quantitative estimate of drug-likeness (QED) is 0.453. The predicted molar refractivity (Wildman–Crippen MR) is 152 cm³/mol. The largest absolute Gasteiger partial charge is 0.382 e. The summed E-state index contributed by atoms with van der Waals surface area (Å²) in [4.78, 5) is 29.4. The molecule has 2 amide bonds. The van der Waals surface area contributed by atoms with Gasteiger partial charge in [-0.05, 0) is 44.0 Å². The fourth-order valence-corrected chi connectivity index (χ4v) is 5.18. The van der Waals surface area contributed by atoms with Gasteiger partial charge in [-0.3, -0.25) is 4.57 Å². The predicted octanol–water partition coefficient (Wildman–Crippen LogP) is 3.22. The number of urea groups is 1. The van der Waals surface area contributed by atoms with Gasteiger partial charge in [0.25, 0.3) is 0 Å². The molecule has 12 heteroatoms. The zero-order valence-corrected chi connectivity index (χ0v) is 24.3. The molecule has 0 radical (unpaired) electrons. The maximum atomic E-state index is 12.8. The Morgan fingerprint density at radius 1 is 1.07 bits per heavy atom. The monoisotopic (exact) mass is 552 g/mol. The Morgan fingerprint density at radius 3 is 2.48 bits per heavy atom. The van der Waals surface area contributed by atoms with Gasteiger partial charge in [-0.1, -0.05) is 32.9 Å². The number of benzene rings is 1. The zero-order valence-electron chi connectivity index (χ0n) is 24.3. The molecule has 216 valence electrons. The summed E-state index contributed by atoms with van der Waals surface area (Å²) >= 11 is 0. The van der Waals surface area contributed by atoms with E-state index in [0.717, 1.165) is 5.69 Å². The molecular weight excluding hydrogens is 512 g/mol. The summed E-state index contributed by atoms with van der Waals surface area (Å²) < 4.78 is 20.9. The first kappa shape index (κ1) is 28.2. The number of anilines is 2. The molecule has 4 atom stereocenters. The van der Waals surface area contributed by atoms with Gasteiger partial charge in [0.2, 0.25) is 0 Å². The normalized spacial score (nSPS) is 24.0. The van der Waals surface area contributed by atoms with Gasteiger partial charge in [-0.25, -0.2) is 19.7 Å². The smallest absolute Gasteiger partial charge is 0.321 e. The first-order valence-corrected chi connectivity index (χ1v) is 13.6. The second kappa shape index (κ2) is 10.6. The summed E-state index contributed by atoms with van der Waals surface area (Å²) in [6.07, 6.45) is 1.69. The Bertz CT molecular complexity index is 1350. The fraction of sp³-hybridized carbons (Fsp3) is 0.571. The van der Waals surface area contributed by atoms with E-state index in [0.29, 0.717) is 36.6 Å². The van der Waals surface area contributed by atoms with Gasteiger partial charge in [0.1, 0.15) is 30.2 Å². The number of nitrogens with one attached hydrogen (secondary N) is 1. The second-order valence-electron chi connectivity index (χ2n) is 12.2. The second-order valence-corrected chi connectivity index (χ2v) is 12.2. The van der Waals surface area contributed by atoms with E-state index in [4.69, 9.17) is 19.9 Å². The minimum Gasteiger partial charge on any atom is -0.382 e. The van der Waals surface area contributed by atoms with E-state index in [1.165, 1.54) is 11.9 Å². The summed E-state index contributed by atoms with van der Waals surface area (Å²) in [5, 5.41) is 2.98. The summed E-state index contributed by atoms with van der Waals surface area (Å²) in [6.45, 7) is 12.1. The van der Waals surface area contributed by atoms with Crippen molar-refractivity contribution in [1.29, 1.82) is 0 Å². The summed E-state index contributed by atoms with van der Waals surface area (Å²) in [5.74, 6) is -0.435. The van der Waals surface area contributed by atoms with Crippen molar-refractivity contribution < 1.29 is 19.0 Å². The van der Waals surface area contributed by atoms with Crippen LogP contribution in [0.1, 0.15) is 46.4 Å². The number of hydrogen-bond donors (Lipinski definition) is 2. The van der Waals surface area contributed by atoms with Crippen molar-refractivity contribution in [3.8, 4) is 0 Å². The summed E-state index contributed by atoms with van der Waals surface area (Å²) in [5.41, 5.74) is 9.15. The molecule has 0 spiro atoms. The minimum absolute atomic E-state index is 0.0628. The minimum atomic E-state index is -0.748. The van der Waals surface area contributed by atoms with E-state index in [2.05, 4.69) is 58.1 Å². The third-order valence-corrected chi connectivity index (χ3v) is 7.44. The molecule has 1 unspecified atom stereocenters. The third-order valence-electron chi connectivity index (χ3n) is 7.44. The molecule has 0 bridgehead atoms. The van der Waals surface area contributed by atoms with Crippen LogP contribution in [0.25, 0.3) is 11.2 Å². The molecule has 4 heterocycles. The number of carbonyl (C=O) groups excluding carboxylic acids is 1. The van der Waals surface area contributed by atoms with E-state index in [9.17, 15) is 4.79 Å². The van der Waals surface area contributed by atoms with Crippen molar-refractivity contribution in [3.63, 3.8) is 0 Å². The van der Waals surface area contributed by atoms with E-state index in [1.807, 2.05) is 37.6 Å². The molecule has 2 fully saturated rings. The average Bonchev–Trinajstić information content (AvgIpc) is 3.54. The highest BCUT2D eigenvalue weighted by Gasteiger charge is 2.56. The lowest BCUT2D eigenvalue weighted by Crippen LogP contribution is -2.42. The average molecular weight is 553 g/mol. The van der Waals surface area contributed by atoms with E-state index in [-0.39, 0.29) is 29.8 Å². The molecule has 2 saturated heterocycles. The Balaban J connectivity index is 1.19. The fourth-order valence-electron chi connectivity index (χ4n) is 5.18. The number of carbonyl (C=O) groups is 1. The first-order valence-electron chi connectivity index (χ1n) is 13.6. The van der Waals surface area contributed by atoms with Crippen LogP contribution in [0.5, 0.6) is 0 Å². The van der Waals surface area contributed by atoms with Crippen LogP contribution in [0.3, 0.4) is 0 Å². The number of imidazole rings is 1. The van der Waals surface area contributed by atoms with Gasteiger partial charge < -0.3 is 35.1 Å². The maximum absolute atomic E-state index is 12.8. The molecule has 2 aliphatic rings. The van der Waals surface area contributed by atoms with Gasteiger partial charge in [-0.15, -0.1) is 0 Å². The molecule has 40 heavy (non-hydrogen) atoms. The first-order chi connectivity index (χ1) is 18.8. The lowest BCUT2D eigenvalue weighted by atomic mass is 9.87. The lowest BCUT2D eigenvalue weighted by Gasteiger charge is -2.28. The van der Waals surface area contributed by atoms with Gasteiger partial charge in [-0.2, -0.15) is 0 Å². The van der Waals surface area contributed by atoms with Crippen LogP contribution in [-0.2, 0) is 19.6 Å². The molecule has 2 aliphatic heterocycles. The number of amides is 2. The van der Waals surface area contributed by atoms with Crippen LogP contribution in [0.4, 0.5) is 16.3 Å². The number of nitrogen functional groups attached to an aromatic ring is 1. The maximum Gasteiger partial charge on any atom is 0.321 e. The molecule has 0 aliphatic carbocycles. The molecule has 3 aromatic rings. The van der Waals surface area contributed by atoms with Crippen LogP contribution < -0.4 is 11.1 Å². The Hall–Kier alpha value is -3.32. The van der Waals surface area contributed by atoms with Crippen molar-refractivity contribution in [2.24, 2.45) is 0 Å². The Morgan fingerprint density at radius 2 is 1.77 bits per heavy atom. The highest BCUT2D eigenvalue weighted by atomic mass is 16.8. The summed E-state index contributed by atoms with van der Waals surface area (Å²) in [6, 6.07) is 7.83. The van der Waals surface area contributed by atoms with Crippen LogP contribution in [0.15, 0.2) is 36.9 Å². The lowest BCUT2D eigenvalue weighted by molar-refractivity contribution is -0.197. The zero-order chi connectivity index (χ0) is 28.8. The molecule has 5 rings (SSSR count). The third kappa shape index (κ3) is 5.75. The van der Waals surface area contributed by atoms with Crippen LogP contribution in [0, 0.1) is 0 Å². The van der Waals surface area contributed by atoms with Crippen molar-refractivity contribution in [3.05, 3.63) is 42.5 Å². The van der Waals surface area contributed by atoms with E-state index < -0.39 is 12.0 Å². The number of rotatable bonds is 7. The number of ether oxygens (including phenoxy) is 3. The standard InChI is InChI=1S/C28H40N8O4/c1-27(2,3)17-8-10-18(11-9-17)33-26(37)35(7)13-12-34(6)14-19-21-22(40-28(4,5)39-21)25(38-19)36-16-32-20-23(29)30-15-31-24(20)36/h8-11,15-16,19,21-22,25H,12-14H2,1-7H3,(H,33,37)(H2,29,30,31)/t19-,21-,22-,25?/m1/s1. The van der Waals surface area contributed by atoms with Gasteiger partial charge >= 0.3 is 6.03 Å². The van der Waals surface area contributed by atoms with Gasteiger partial charge in [0.15, 0.2) is 23.5 Å². The van der Waals surface area contributed by atoms with Crippen molar-refractivity contribution in [2.45, 2.75) is 70.4 Å². The molecule has 0 saturated carbocycles. The molecule has 12 nitrogen and oxygen atoms in total. The van der Waals surface area contributed by atoms with Crippen molar-refractivity contribution >= 4 is 28.7 Å². The van der Waals surface area contributed by atoms with Crippen molar-refractivity contribution in [2.75, 3.05) is 44.8 Å².